The molecule has 0 N–H and O–H groups in total. The van der Waals surface area contributed by atoms with E-state index >= 15 is 0 Å². The molecule has 2 atom stereocenters. The molecular weight excluding hydrogens is 269 g/mol. The summed E-state index contributed by atoms with van der Waals surface area (Å²) in [6, 6.07) is 0. The molecule has 0 aromatic rings. The quantitative estimate of drug-likeness (QED) is 0.494. The van der Waals surface area contributed by atoms with Gasteiger partial charge in [-0.15, -0.1) is 23.2 Å². The van der Waals surface area contributed by atoms with Crippen LogP contribution in [0.4, 0.5) is 26.3 Å². The molecule has 1 aliphatic carbocycles. The minimum atomic E-state index is -5.06. The van der Waals surface area contributed by atoms with E-state index in [1.54, 1.807) is 0 Å². The highest BCUT2D eigenvalue weighted by Crippen LogP contribution is 2.76. The van der Waals surface area contributed by atoms with E-state index in [1.807, 2.05) is 0 Å². The second-order valence-corrected chi connectivity index (χ2v) is 5.10. The summed E-state index contributed by atoms with van der Waals surface area (Å²) in [5.41, 5.74) is -3.07. The molecule has 2 unspecified atom stereocenters. The molecule has 0 spiro atoms. The SMILES string of the molecule is CC(C(F)(F)F)C1(C(F)(F)F)CC1(Cl)Cl. The Bertz CT molecular complexity index is 268. The Labute approximate surface area is 91.5 Å². The fourth-order valence-corrected chi connectivity index (χ4v) is 2.57. The molecular formula is C7H6Cl2F6. The summed E-state index contributed by atoms with van der Waals surface area (Å²) in [5, 5.41) is 0. The number of hydrogen-bond acceptors (Lipinski definition) is 0. The maximum Gasteiger partial charge on any atom is 0.398 e. The number of alkyl halides is 8. The third-order valence-corrected chi connectivity index (χ3v) is 3.71. The Balaban J connectivity index is 3.09. The second-order valence-electron chi connectivity index (χ2n) is 3.61. The van der Waals surface area contributed by atoms with E-state index in [9.17, 15) is 26.3 Å². The summed E-state index contributed by atoms with van der Waals surface area (Å²) in [5.74, 6) is -2.61. The van der Waals surface area contributed by atoms with E-state index in [-0.39, 0.29) is 0 Å². The Morgan fingerprint density at radius 2 is 1.40 bits per heavy atom. The predicted molar refractivity (Wildman–Crippen MR) is 42.8 cm³/mol. The van der Waals surface area contributed by atoms with Crippen molar-refractivity contribution in [2.45, 2.75) is 30.0 Å². The van der Waals surface area contributed by atoms with Gasteiger partial charge in [-0.1, -0.05) is 6.92 Å². The molecule has 0 nitrogen and oxygen atoms in total. The minimum Gasteiger partial charge on any atom is -0.171 e. The van der Waals surface area contributed by atoms with E-state index in [0.29, 0.717) is 6.92 Å². The molecule has 1 saturated carbocycles. The molecule has 1 rings (SSSR count). The lowest BCUT2D eigenvalue weighted by atomic mass is 9.89. The molecule has 0 aromatic heterocycles. The van der Waals surface area contributed by atoms with Gasteiger partial charge in [-0.3, -0.25) is 0 Å². The van der Waals surface area contributed by atoms with E-state index in [0.717, 1.165) is 0 Å². The first kappa shape index (κ1) is 13.2. The van der Waals surface area contributed by atoms with E-state index in [2.05, 4.69) is 0 Å². The molecule has 8 heteroatoms. The zero-order chi connectivity index (χ0) is 12.3. The molecule has 0 amide bonds. The topological polar surface area (TPSA) is 0 Å². The van der Waals surface area contributed by atoms with Gasteiger partial charge in [0.15, 0.2) is 0 Å². The highest BCUT2D eigenvalue weighted by molar-refractivity contribution is 6.51. The first-order valence-corrected chi connectivity index (χ1v) is 4.63. The fraction of sp³-hybridized carbons (Fsp3) is 1.00. The highest BCUT2D eigenvalue weighted by Gasteiger charge is 2.84. The van der Waals surface area contributed by atoms with Gasteiger partial charge in [0.25, 0.3) is 0 Å². The lowest BCUT2D eigenvalue weighted by Crippen LogP contribution is -2.42. The van der Waals surface area contributed by atoms with Crippen LogP contribution in [0.1, 0.15) is 13.3 Å². The van der Waals surface area contributed by atoms with Crippen molar-refractivity contribution in [3.8, 4) is 0 Å². The predicted octanol–water partition coefficient (Wildman–Crippen LogP) is 4.31. The molecule has 0 aromatic carbocycles. The first-order valence-electron chi connectivity index (χ1n) is 3.87. The molecule has 0 bridgehead atoms. The first-order chi connectivity index (χ1) is 6.36. The third-order valence-electron chi connectivity index (χ3n) is 2.76. The van der Waals surface area contributed by atoms with Gasteiger partial charge in [-0.2, -0.15) is 26.3 Å². The summed E-state index contributed by atoms with van der Waals surface area (Å²) >= 11 is 10.4. The van der Waals surface area contributed by atoms with Crippen molar-refractivity contribution in [2.24, 2.45) is 11.3 Å². The van der Waals surface area contributed by atoms with Crippen LogP contribution in [-0.2, 0) is 0 Å². The van der Waals surface area contributed by atoms with Crippen molar-refractivity contribution in [1.82, 2.24) is 0 Å². The van der Waals surface area contributed by atoms with Gasteiger partial charge in [0, 0.05) is 0 Å². The van der Waals surface area contributed by atoms with Gasteiger partial charge < -0.3 is 0 Å². The zero-order valence-electron chi connectivity index (χ0n) is 7.31. The summed E-state index contributed by atoms with van der Waals surface area (Å²) < 4.78 is 71.9. The van der Waals surface area contributed by atoms with Crippen molar-refractivity contribution in [3.63, 3.8) is 0 Å². The number of rotatable bonds is 1. The Kier molecular flexibility index (Phi) is 2.73. The Hall–Kier alpha value is 0.160. The van der Waals surface area contributed by atoms with Crippen molar-refractivity contribution in [2.75, 3.05) is 0 Å². The van der Waals surface area contributed by atoms with Crippen LogP contribution < -0.4 is 0 Å². The Morgan fingerprint density at radius 1 is 1.07 bits per heavy atom. The lowest BCUT2D eigenvalue weighted by molar-refractivity contribution is -0.262. The smallest absolute Gasteiger partial charge is 0.171 e. The van der Waals surface area contributed by atoms with Crippen LogP contribution in [0.2, 0.25) is 0 Å². The van der Waals surface area contributed by atoms with Crippen LogP contribution in [0, 0.1) is 11.3 Å². The summed E-state index contributed by atoms with van der Waals surface area (Å²) in [6.07, 6.45) is -11.0. The standard InChI is InChI=1S/C7H6Cl2F6/c1-3(6(10,11)12)4(7(13,14)15)2-5(4,8)9/h3H,2H2,1H3. The van der Waals surface area contributed by atoms with Gasteiger partial charge in [-0.05, 0) is 6.42 Å². The average Bonchev–Trinajstić information content (AvgIpc) is 2.50. The minimum absolute atomic E-state index is 0.444. The van der Waals surface area contributed by atoms with Crippen molar-refractivity contribution in [3.05, 3.63) is 0 Å². The molecule has 90 valence electrons. The van der Waals surface area contributed by atoms with Crippen LogP contribution in [0.15, 0.2) is 0 Å². The average molecular weight is 275 g/mol. The summed E-state index contributed by atoms with van der Waals surface area (Å²) in [6.45, 7) is 0.444. The van der Waals surface area contributed by atoms with Crippen LogP contribution in [0.3, 0.4) is 0 Å². The van der Waals surface area contributed by atoms with Crippen LogP contribution >= 0.6 is 23.2 Å². The monoisotopic (exact) mass is 274 g/mol. The van der Waals surface area contributed by atoms with Gasteiger partial charge in [0.05, 0.1) is 5.92 Å². The molecule has 1 fully saturated rings. The number of hydrogen-bond donors (Lipinski definition) is 0. The van der Waals surface area contributed by atoms with E-state index < -0.39 is 34.4 Å². The van der Waals surface area contributed by atoms with E-state index in [4.69, 9.17) is 23.2 Å². The second kappa shape index (κ2) is 3.09. The van der Waals surface area contributed by atoms with Gasteiger partial charge >= 0.3 is 12.4 Å². The van der Waals surface area contributed by atoms with E-state index in [1.165, 1.54) is 0 Å². The molecule has 15 heavy (non-hydrogen) atoms. The van der Waals surface area contributed by atoms with Crippen LogP contribution in [0.25, 0.3) is 0 Å². The lowest BCUT2D eigenvalue weighted by Gasteiger charge is -2.29. The molecule has 1 aliphatic rings. The largest absolute Gasteiger partial charge is 0.398 e. The summed E-state index contributed by atoms with van der Waals surface area (Å²) in [4.78, 5) is 0. The van der Waals surface area contributed by atoms with Gasteiger partial charge in [0.1, 0.15) is 9.75 Å². The van der Waals surface area contributed by atoms with Crippen molar-refractivity contribution in [1.29, 1.82) is 0 Å². The van der Waals surface area contributed by atoms with Gasteiger partial charge in [-0.25, -0.2) is 0 Å². The van der Waals surface area contributed by atoms with Crippen molar-refractivity contribution < 1.29 is 26.3 Å². The third kappa shape index (κ3) is 1.79. The maximum absolute atomic E-state index is 12.5. The highest BCUT2D eigenvalue weighted by atomic mass is 35.5. The Morgan fingerprint density at radius 3 is 1.47 bits per heavy atom. The summed E-state index contributed by atoms with van der Waals surface area (Å²) in [7, 11) is 0. The maximum atomic E-state index is 12.5. The van der Waals surface area contributed by atoms with Crippen LogP contribution in [0.5, 0.6) is 0 Å². The zero-order valence-corrected chi connectivity index (χ0v) is 8.82. The molecule has 0 saturated heterocycles. The number of halogens is 8. The molecule has 0 radical (unpaired) electrons. The molecule has 0 aliphatic heterocycles. The van der Waals surface area contributed by atoms with Gasteiger partial charge in [0.2, 0.25) is 0 Å². The molecule has 0 heterocycles. The van der Waals surface area contributed by atoms with Crippen LogP contribution in [-0.4, -0.2) is 16.7 Å². The normalized spacial score (nSPS) is 32.6. The fourth-order valence-electron chi connectivity index (χ4n) is 1.61. The van der Waals surface area contributed by atoms with Crippen molar-refractivity contribution >= 4 is 23.2 Å².